The van der Waals surface area contributed by atoms with E-state index in [-0.39, 0.29) is 0 Å². The van der Waals surface area contributed by atoms with Gasteiger partial charge in [0, 0.05) is 6.61 Å². The first kappa shape index (κ1) is 20.0. The van der Waals surface area contributed by atoms with Gasteiger partial charge in [0.25, 0.3) is 0 Å². The highest BCUT2D eigenvalue weighted by molar-refractivity contribution is 4.82. The molecule has 0 aromatic rings. The molecule has 1 nitrogen and oxygen atoms in total. The van der Waals surface area contributed by atoms with Gasteiger partial charge in [0.2, 0.25) is 0 Å². The van der Waals surface area contributed by atoms with E-state index in [4.69, 9.17) is 4.74 Å². The van der Waals surface area contributed by atoms with E-state index in [9.17, 15) is 0 Å². The Hall–Kier alpha value is -0.300. The van der Waals surface area contributed by atoms with Crippen LogP contribution in [0.1, 0.15) is 96.8 Å². The second kappa shape index (κ2) is 12.1. The van der Waals surface area contributed by atoms with Crippen LogP contribution in [0.25, 0.3) is 0 Å². The topological polar surface area (TPSA) is 9.23 Å². The van der Waals surface area contributed by atoms with Crippen LogP contribution < -0.4 is 0 Å². The maximum Gasteiger partial charge on any atom is 0.0644 e. The zero-order valence-electron chi connectivity index (χ0n) is 16.3. The maximum atomic E-state index is 5.66. The fraction of sp³-hybridized carbons (Fsp3) is 0.913. The van der Waals surface area contributed by atoms with E-state index in [1.54, 1.807) is 0 Å². The average molecular weight is 335 g/mol. The van der Waals surface area contributed by atoms with Crippen molar-refractivity contribution in [3.8, 4) is 0 Å². The summed E-state index contributed by atoms with van der Waals surface area (Å²) in [6.45, 7) is 7.72. The minimum absolute atomic E-state index is 0.725. The molecule has 140 valence electrons. The molecule has 2 aliphatic rings. The van der Waals surface area contributed by atoms with Gasteiger partial charge in [0.1, 0.15) is 0 Å². The van der Waals surface area contributed by atoms with Crippen LogP contribution in [0.4, 0.5) is 0 Å². The molecule has 0 heterocycles. The number of hydrogen-bond acceptors (Lipinski definition) is 1. The van der Waals surface area contributed by atoms with Gasteiger partial charge >= 0.3 is 0 Å². The lowest BCUT2D eigenvalue weighted by Crippen LogP contribution is -2.27. The average Bonchev–Trinajstić information content (AvgIpc) is 2.63. The van der Waals surface area contributed by atoms with Crippen LogP contribution in [0.5, 0.6) is 0 Å². The van der Waals surface area contributed by atoms with Gasteiger partial charge in [-0.3, -0.25) is 0 Å². The molecule has 2 aliphatic carbocycles. The third kappa shape index (κ3) is 7.30. The van der Waals surface area contributed by atoms with Gasteiger partial charge in [-0.1, -0.05) is 64.4 Å². The Kier molecular flexibility index (Phi) is 10.1. The van der Waals surface area contributed by atoms with Gasteiger partial charge in [-0.05, 0) is 62.2 Å². The third-order valence-corrected chi connectivity index (χ3v) is 6.75. The van der Waals surface area contributed by atoms with Crippen LogP contribution in [0.15, 0.2) is 12.7 Å². The van der Waals surface area contributed by atoms with Crippen molar-refractivity contribution in [2.45, 2.75) is 96.8 Å². The fourth-order valence-electron chi connectivity index (χ4n) is 5.13. The molecular weight excluding hydrogens is 292 g/mol. The lowest BCUT2D eigenvalue weighted by molar-refractivity contribution is 0.0779. The Morgan fingerprint density at radius 2 is 1.38 bits per heavy atom. The molecule has 1 heteroatoms. The van der Waals surface area contributed by atoms with Gasteiger partial charge in [-0.2, -0.15) is 0 Å². The normalized spacial score (nSPS) is 31.0. The molecule has 24 heavy (non-hydrogen) atoms. The van der Waals surface area contributed by atoms with E-state index in [0.717, 1.165) is 36.9 Å². The van der Waals surface area contributed by atoms with Gasteiger partial charge in [0.05, 0.1) is 6.61 Å². The summed E-state index contributed by atoms with van der Waals surface area (Å²) in [5.41, 5.74) is 0. The molecule has 0 amide bonds. The molecule has 0 saturated heterocycles. The number of ether oxygens (including phenoxy) is 1. The zero-order chi connectivity index (χ0) is 17.0. The predicted octanol–water partition coefficient (Wildman–Crippen LogP) is 7.16. The summed E-state index contributed by atoms with van der Waals surface area (Å²) in [6, 6.07) is 0. The van der Waals surface area contributed by atoms with E-state index >= 15 is 0 Å². The smallest absolute Gasteiger partial charge is 0.0644 e. The second-order valence-electron chi connectivity index (χ2n) is 8.59. The SMILES string of the molecule is C=CCOCC1CCC([C@H]2CC[C@H](CCCCCCC)CC2)CC1. The monoisotopic (exact) mass is 334 g/mol. The van der Waals surface area contributed by atoms with Crippen molar-refractivity contribution >= 4 is 0 Å². The summed E-state index contributed by atoms with van der Waals surface area (Å²) in [5, 5.41) is 0. The number of rotatable bonds is 11. The quantitative estimate of drug-likeness (QED) is 0.287. The van der Waals surface area contributed by atoms with Crippen molar-refractivity contribution in [1.82, 2.24) is 0 Å². The summed E-state index contributed by atoms with van der Waals surface area (Å²) >= 11 is 0. The van der Waals surface area contributed by atoms with E-state index < -0.39 is 0 Å². The molecule has 0 N–H and O–H groups in total. The van der Waals surface area contributed by atoms with Crippen molar-refractivity contribution < 1.29 is 4.74 Å². The van der Waals surface area contributed by atoms with Gasteiger partial charge in [-0.25, -0.2) is 0 Å². The van der Waals surface area contributed by atoms with Crippen LogP contribution in [-0.4, -0.2) is 13.2 Å². The largest absolute Gasteiger partial charge is 0.377 e. The van der Waals surface area contributed by atoms with Gasteiger partial charge < -0.3 is 4.74 Å². The molecule has 2 saturated carbocycles. The summed E-state index contributed by atoms with van der Waals surface area (Å²) in [5.74, 6) is 3.97. The van der Waals surface area contributed by atoms with Crippen LogP contribution in [0, 0.1) is 23.7 Å². The molecule has 0 unspecified atom stereocenters. The molecule has 0 atom stereocenters. The Bertz CT molecular complexity index is 308. The lowest BCUT2D eigenvalue weighted by Gasteiger charge is -2.38. The first-order chi connectivity index (χ1) is 11.8. The lowest BCUT2D eigenvalue weighted by atomic mass is 9.69. The van der Waals surface area contributed by atoms with Gasteiger partial charge in [-0.15, -0.1) is 6.58 Å². The van der Waals surface area contributed by atoms with E-state index in [1.807, 2.05) is 6.08 Å². The first-order valence-corrected chi connectivity index (χ1v) is 11.0. The molecule has 2 fully saturated rings. The summed E-state index contributed by atoms with van der Waals surface area (Å²) in [6.07, 6.45) is 22.5. The number of hydrogen-bond donors (Lipinski definition) is 0. The molecule has 0 radical (unpaired) electrons. The minimum Gasteiger partial charge on any atom is -0.377 e. The molecule has 0 aromatic carbocycles. The molecule has 2 rings (SSSR count). The minimum atomic E-state index is 0.725. The van der Waals surface area contributed by atoms with E-state index in [0.29, 0.717) is 0 Å². The Labute approximate surface area is 151 Å². The fourth-order valence-corrected chi connectivity index (χ4v) is 5.13. The highest BCUT2D eigenvalue weighted by Gasteiger charge is 2.30. The second-order valence-corrected chi connectivity index (χ2v) is 8.59. The highest BCUT2D eigenvalue weighted by Crippen LogP contribution is 2.42. The Morgan fingerprint density at radius 3 is 1.96 bits per heavy atom. The van der Waals surface area contributed by atoms with Crippen LogP contribution >= 0.6 is 0 Å². The van der Waals surface area contributed by atoms with E-state index in [1.165, 1.54) is 89.9 Å². The summed E-state index contributed by atoms with van der Waals surface area (Å²) in [7, 11) is 0. The number of unbranched alkanes of at least 4 members (excludes halogenated alkanes) is 4. The first-order valence-electron chi connectivity index (χ1n) is 11.0. The van der Waals surface area contributed by atoms with Crippen LogP contribution in [-0.2, 0) is 4.74 Å². The highest BCUT2D eigenvalue weighted by atomic mass is 16.5. The van der Waals surface area contributed by atoms with E-state index in [2.05, 4.69) is 13.5 Å². The standard InChI is InChI=1S/C23H42O/c1-3-5-6-7-8-9-20-10-14-22(15-11-20)23-16-12-21(13-17-23)19-24-18-4-2/h4,20-23H,2-3,5-19H2,1H3/t20-,21?,22-,23?. The van der Waals surface area contributed by atoms with Crippen molar-refractivity contribution in [3.63, 3.8) is 0 Å². The predicted molar refractivity (Wildman–Crippen MR) is 105 cm³/mol. The molecular formula is C23H42O. The maximum absolute atomic E-state index is 5.66. The van der Waals surface area contributed by atoms with Crippen molar-refractivity contribution in [1.29, 1.82) is 0 Å². The van der Waals surface area contributed by atoms with Gasteiger partial charge in [0.15, 0.2) is 0 Å². The van der Waals surface area contributed by atoms with Crippen molar-refractivity contribution in [2.24, 2.45) is 23.7 Å². The van der Waals surface area contributed by atoms with Crippen LogP contribution in [0.2, 0.25) is 0 Å². The third-order valence-electron chi connectivity index (χ3n) is 6.75. The molecule has 0 aliphatic heterocycles. The zero-order valence-corrected chi connectivity index (χ0v) is 16.3. The Balaban J connectivity index is 1.54. The summed E-state index contributed by atoms with van der Waals surface area (Å²) in [4.78, 5) is 0. The Morgan fingerprint density at radius 1 is 0.792 bits per heavy atom. The van der Waals surface area contributed by atoms with Crippen molar-refractivity contribution in [2.75, 3.05) is 13.2 Å². The van der Waals surface area contributed by atoms with Crippen molar-refractivity contribution in [3.05, 3.63) is 12.7 Å². The molecule has 0 bridgehead atoms. The molecule has 0 aromatic heterocycles. The molecule has 0 spiro atoms. The van der Waals surface area contributed by atoms with Crippen LogP contribution in [0.3, 0.4) is 0 Å². The summed E-state index contributed by atoms with van der Waals surface area (Å²) < 4.78 is 5.66.